The van der Waals surface area contributed by atoms with E-state index in [0.29, 0.717) is 31.8 Å². The van der Waals surface area contributed by atoms with Crippen LogP contribution < -0.4 is 4.90 Å². The van der Waals surface area contributed by atoms with Crippen LogP contribution in [0.1, 0.15) is 33.9 Å². The summed E-state index contributed by atoms with van der Waals surface area (Å²) in [6.45, 7) is 3.68. The van der Waals surface area contributed by atoms with Gasteiger partial charge in [0.05, 0.1) is 21.7 Å². The van der Waals surface area contributed by atoms with Gasteiger partial charge >= 0.3 is 5.91 Å². The number of Topliss-reactive ketones (excluding diaryl/α,β-unsaturated/α-hetero) is 1. The first-order valence-corrected chi connectivity index (χ1v) is 14.2. The van der Waals surface area contributed by atoms with E-state index in [0.717, 1.165) is 22.5 Å². The first kappa shape index (κ1) is 27.3. The van der Waals surface area contributed by atoms with Crippen molar-refractivity contribution in [2.24, 2.45) is 0 Å². The Morgan fingerprint density at radius 2 is 1.82 bits per heavy atom. The van der Waals surface area contributed by atoms with Gasteiger partial charge in [0.15, 0.2) is 4.34 Å². The first-order chi connectivity index (χ1) is 18.7. The Morgan fingerprint density at radius 3 is 2.56 bits per heavy atom. The second kappa shape index (κ2) is 11.1. The molecule has 1 aliphatic heterocycles. The van der Waals surface area contributed by atoms with Crippen molar-refractivity contribution in [1.82, 2.24) is 10.2 Å². The van der Waals surface area contributed by atoms with E-state index in [9.17, 15) is 19.1 Å². The lowest BCUT2D eigenvalue weighted by Gasteiger charge is -2.23. The van der Waals surface area contributed by atoms with Crippen LogP contribution >= 0.6 is 46.3 Å². The van der Waals surface area contributed by atoms with Crippen molar-refractivity contribution in [3.05, 3.63) is 110 Å². The van der Waals surface area contributed by atoms with Crippen LogP contribution in [0.15, 0.2) is 70.6 Å². The number of anilines is 1. The third kappa shape index (κ3) is 5.32. The molecule has 1 fully saturated rings. The highest BCUT2D eigenvalue weighted by molar-refractivity contribution is 8.00. The van der Waals surface area contributed by atoms with Crippen molar-refractivity contribution >= 4 is 68.9 Å². The van der Waals surface area contributed by atoms with E-state index < -0.39 is 17.7 Å². The molecular formula is C28H20Cl2FN3O3S2. The Morgan fingerprint density at radius 1 is 1.05 bits per heavy atom. The molecule has 2 heterocycles. The number of rotatable bonds is 6. The maximum atomic E-state index is 14.1. The number of aliphatic hydroxyl groups excluding tert-OH is 1. The van der Waals surface area contributed by atoms with Crippen LogP contribution in [0.4, 0.5) is 9.52 Å². The summed E-state index contributed by atoms with van der Waals surface area (Å²) in [6, 6.07) is 15.6. The number of hydrogen-bond donors (Lipinski definition) is 1. The van der Waals surface area contributed by atoms with Gasteiger partial charge in [0, 0.05) is 11.3 Å². The number of nitrogens with zero attached hydrogens (tertiary/aromatic N) is 3. The summed E-state index contributed by atoms with van der Waals surface area (Å²) in [6.07, 6.45) is 0. The number of carbonyl (C=O) groups excluding carboxylic acids is 2. The van der Waals surface area contributed by atoms with E-state index in [-0.39, 0.29) is 27.3 Å². The van der Waals surface area contributed by atoms with Crippen LogP contribution in [0.5, 0.6) is 0 Å². The summed E-state index contributed by atoms with van der Waals surface area (Å²) in [4.78, 5) is 28.1. The van der Waals surface area contributed by atoms with E-state index in [2.05, 4.69) is 10.2 Å². The third-order valence-corrected chi connectivity index (χ3v) is 9.11. The maximum absolute atomic E-state index is 14.1. The van der Waals surface area contributed by atoms with Crippen LogP contribution in [-0.2, 0) is 15.3 Å². The number of aliphatic hydroxyl groups is 1. The number of amides is 1. The number of halogens is 3. The fourth-order valence-electron chi connectivity index (χ4n) is 4.28. The van der Waals surface area contributed by atoms with Gasteiger partial charge in [-0.05, 0) is 54.8 Å². The summed E-state index contributed by atoms with van der Waals surface area (Å²) in [5, 5.41) is 20.4. The molecule has 6 nitrogen and oxygen atoms in total. The van der Waals surface area contributed by atoms with Crippen molar-refractivity contribution in [2.45, 2.75) is 30.0 Å². The lowest BCUT2D eigenvalue weighted by atomic mass is 9.93. The van der Waals surface area contributed by atoms with Crippen LogP contribution in [0.3, 0.4) is 0 Å². The molecule has 1 aliphatic rings. The molecule has 1 atom stereocenters. The topological polar surface area (TPSA) is 83.4 Å². The van der Waals surface area contributed by atoms with Crippen molar-refractivity contribution in [3.63, 3.8) is 0 Å². The number of carbonyl (C=O) groups is 2. The molecule has 0 bridgehead atoms. The average Bonchev–Trinajstić information content (AvgIpc) is 3.48. The van der Waals surface area contributed by atoms with Crippen molar-refractivity contribution in [1.29, 1.82) is 0 Å². The van der Waals surface area contributed by atoms with E-state index in [1.807, 2.05) is 26.0 Å². The van der Waals surface area contributed by atoms with Crippen LogP contribution in [0, 0.1) is 19.7 Å². The lowest BCUT2D eigenvalue weighted by molar-refractivity contribution is -0.132. The molecule has 0 radical (unpaired) electrons. The standard InChI is InChI=1S/C28H20Cl2FN3O3S2/c1-14-7-8-15(2)18(11-14)24(35)22-23(16-9-10-19(29)20(30)12-16)34(26(37)25(22)36)27-32-33-28(39-27)38-13-17-5-3-4-6-21(17)31/h3-12,23,35H,13H2,1-2H3. The number of aryl methyl sites for hydroxylation is 2. The van der Waals surface area contributed by atoms with Gasteiger partial charge in [-0.25, -0.2) is 4.39 Å². The number of benzene rings is 3. The number of aromatic nitrogens is 2. The average molecular weight is 601 g/mol. The third-order valence-electron chi connectivity index (χ3n) is 6.26. The summed E-state index contributed by atoms with van der Waals surface area (Å²) in [5.41, 5.74) is 2.93. The molecule has 3 aromatic carbocycles. The van der Waals surface area contributed by atoms with E-state index >= 15 is 0 Å². The van der Waals surface area contributed by atoms with Gasteiger partial charge in [0.25, 0.3) is 5.78 Å². The minimum absolute atomic E-state index is 0.0946. The van der Waals surface area contributed by atoms with Crippen LogP contribution in [0.2, 0.25) is 10.0 Å². The molecule has 39 heavy (non-hydrogen) atoms. The minimum atomic E-state index is -1.03. The van der Waals surface area contributed by atoms with Gasteiger partial charge in [-0.3, -0.25) is 14.5 Å². The number of thioether (sulfide) groups is 1. The van der Waals surface area contributed by atoms with E-state index in [4.69, 9.17) is 23.2 Å². The van der Waals surface area contributed by atoms with Crippen molar-refractivity contribution < 1.29 is 19.1 Å². The fourth-order valence-corrected chi connectivity index (χ4v) is 6.44. The zero-order chi connectivity index (χ0) is 27.8. The number of ketones is 1. The Balaban J connectivity index is 1.59. The Bertz CT molecular complexity index is 1660. The summed E-state index contributed by atoms with van der Waals surface area (Å²) in [5.74, 6) is -2.04. The highest BCUT2D eigenvalue weighted by Gasteiger charge is 2.48. The summed E-state index contributed by atoms with van der Waals surface area (Å²) in [7, 11) is 0. The lowest BCUT2D eigenvalue weighted by Crippen LogP contribution is -2.29. The Hall–Kier alpha value is -3.24. The number of hydrogen-bond acceptors (Lipinski definition) is 7. The molecule has 1 unspecified atom stereocenters. The molecule has 0 spiro atoms. The van der Waals surface area contributed by atoms with Gasteiger partial charge in [0.2, 0.25) is 5.13 Å². The maximum Gasteiger partial charge on any atom is 0.301 e. The molecule has 5 rings (SSSR count). The van der Waals surface area contributed by atoms with Crippen molar-refractivity contribution in [2.75, 3.05) is 4.90 Å². The zero-order valence-electron chi connectivity index (χ0n) is 20.6. The van der Waals surface area contributed by atoms with Crippen LogP contribution in [0.25, 0.3) is 5.76 Å². The molecular weight excluding hydrogens is 580 g/mol. The van der Waals surface area contributed by atoms with E-state index in [1.54, 1.807) is 42.5 Å². The molecule has 11 heteroatoms. The SMILES string of the molecule is Cc1ccc(C)c(C(O)=C2C(=O)C(=O)N(c3nnc(SCc4ccccc4F)s3)C2c2ccc(Cl)c(Cl)c2)c1. The first-order valence-electron chi connectivity index (χ1n) is 11.7. The van der Waals surface area contributed by atoms with Gasteiger partial charge < -0.3 is 5.11 Å². The van der Waals surface area contributed by atoms with E-state index in [1.165, 1.54) is 22.7 Å². The normalized spacial score (nSPS) is 16.7. The molecule has 1 N–H and O–H groups in total. The van der Waals surface area contributed by atoms with Crippen molar-refractivity contribution in [3.8, 4) is 0 Å². The second-order valence-corrected chi connectivity index (χ2v) is 11.9. The molecule has 1 amide bonds. The highest BCUT2D eigenvalue weighted by Crippen LogP contribution is 2.45. The fraction of sp³-hybridized carbons (Fsp3) is 0.143. The highest BCUT2D eigenvalue weighted by atomic mass is 35.5. The Labute approximate surface area is 242 Å². The van der Waals surface area contributed by atoms with Crippen LogP contribution in [-0.4, -0.2) is 27.0 Å². The molecule has 0 aliphatic carbocycles. The zero-order valence-corrected chi connectivity index (χ0v) is 23.8. The Kier molecular flexibility index (Phi) is 7.77. The van der Waals surface area contributed by atoms with Gasteiger partial charge in [-0.1, -0.05) is 88.3 Å². The predicted molar refractivity (Wildman–Crippen MR) is 153 cm³/mol. The minimum Gasteiger partial charge on any atom is -0.507 e. The molecule has 1 aromatic heterocycles. The molecule has 198 valence electrons. The largest absolute Gasteiger partial charge is 0.507 e. The second-order valence-electron chi connectivity index (χ2n) is 8.89. The predicted octanol–water partition coefficient (Wildman–Crippen LogP) is 7.52. The molecule has 0 saturated carbocycles. The molecule has 1 saturated heterocycles. The monoisotopic (exact) mass is 599 g/mol. The summed E-state index contributed by atoms with van der Waals surface area (Å²) < 4.78 is 14.5. The quantitative estimate of drug-likeness (QED) is 0.0811. The summed E-state index contributed by atoms with van der Waals surface area (Å²) >= 11 is 14.8. The van der Waals surface area contributed by atoms with Gasteiger partial charge in [-0.2, -0.15) is 0 Å². The smallest absolute Gasteiger partial charge is 0.301 e. The van der Waals surface area contributed by atoms with Gasteiger partial charge in [0.1, 0.15) is 11.6 Å². The molecule has 4 aromatic rings. The van der Waals surface area contributed by atoms with Gasteiger partial charge in [-0.15, -0.1) is 10.2 Å².